The smallest absolute Gasteiger partial charge is 0.337 e. The van der Waals surface area contributed by atoms with E-state index in [1.165, 1.54) is 12.3 Å². The summed E-state index contributed by atoms with van der Waals surface area (Å²) in [5, 5.41) is 12.0. The molecule has 0 bridgehead atoms. The fourth-order valence-electron chi connectivity index (χ4n) is 2.01. The first-order chi connectivity index (χ1) is 8.68. The third-order valence-electron chi connectivity index (χ3n) is 3.09. The van der Waals surface area contributed by atoms with Gasteiger partial charge in [-0.1, -0.05) is 0 Å². The summed E-state index contributed by atoms with van der Waals surface area (Å²) in [6.45, 7) is 2.35. The zero-order valence-electron chi connectivity index (χ0n) is 10.1. The number of rotatable bonds is 5. The van der Waals surface area contributed by atoms with Gasteiger partial charge in [0.15, 0.2) is 0 Å². The van der Waals surface area contributed by atoms with Crippen LogP contribution in [-0.4, -0.2) is 35.8 Å². The average molecular weight is 251 g/mol. The Hall–Kier alpha value is -1.82. The summed E-state index contributed by atoms with van der Waals surface area (Å²) in [6, 6.07) is 1.40. The number of nitrogens with zero attached hydrogens (tertiary/aromatic N) is 1. The van der Waals surface area contributed by atoms with Gasteiger partial charge >= 0.3 is 5.97 Å². The second kappa shape index (κ2) is 5.68. The van der Waals surface area contributed by atoms with Gasteiger partial charge in [-0.05, 0) is 24.8 Å². The first-order valence-corrected chi connectivity index (χ1v) is 5.98. The molecule has 0 aromatic carbocycles. The Balaban J connectivity index is 1.92. The highest BCUT2D eigenvalue weighted by Crippen LogP contribution is 2.21. The number of hydrogen-bond acceptors (Lipinski definition) is 5. The Bertz CT molecular complexity index is 431. The van der Waals surface area contributed by atoms with Gasteiger partial charge in [-0.15, -0.1) is 0 Å². The Morgan fingerprint density at radius 3 is 3.17 bits per heavy atom. The molecular weight excluding hydrogens is 234 g/mol. The summed E-state index contributed by atoms with van der Waals surface area (Å²) >= 11 is 0. The minimum Gasteiger partial charge on any atom is -0.478 e. The number of ether oxygens (including phenoxy) is 1. The van der Waals surface area contributed by atoms with Gasteiger partial charge in [0.25, 0.3) is 0 Å². The number of aromatic carboxylic acids is 1. The van der Waals surface area contributed by atoms with E-state index in [2.05, 4.69) is 10.3 Å². The van der Waals surface area contributed by atoms with E-state index in [-0.39, 0.29) is 11.3 Å². The van der Waals surface area contributed by atoms with E-state index < -0.39 is 5.97 Å². The van der Waals surface area contributed by atoms with Crippen LogP contribution in [0, 0.1) is 5.92 Å². The third-order valence-corrected chi connectivity index (χ3v) is 3.09. The van der Waals surface area contributed by atoms with Crippen LogP contribution >= 0.6 is 0 Å². The second-order valence-electron chi connectivity index (χ2n) is 4.37. The molecule has 98 valence electrons. The van der Waals surface area contributed by atoms with E-state index in [1.54, 1.807) is 0 Å². The number of carboxylic acid groups (broad SMARTS) is 1. The molecule has 6 nitrogen and oxygen atoms in total. The minimum atomic E-state index is -1.04. The number of nitrogen functional groups attached to an aromatic ring is 1. The largest absolute Gasteiger partial charge is 0.478 e. The number of pyridine rings is 1. The quantitative estimate of drug-likeness (QED) is 0.727. The van der Waals surface area contributed by atoms with E-state index in [1.807, 2.05) is 0 Å². The van der Waals surface area contributed by atoms with Crippen LogP contribution in [0.2, 0.25) is 0 Å². The highest BCUT2D eigenvalue weighted by Gasteiger charge is 2.16. The summed E-state index contributed by atoms with van der Waals surface area (Å²) in [6.07, 6.45) is 3.50. The van der Waals surface area contributed by atoms with Gasteiger partial charge in [0.2, 0.25) is 0 Å². The highest BCUT2D eigenvalue weighted by atomic mass is 16.5. The van der Waals surface area contributed by atoms with Gasteiger partial charge in [-0.3, -0.25) is 0 Å². The highest BCUT2D eigenvalue weighted by molar-refractivity contribution is 5.96. The van der Waals surface area contributed by atoms with E-state index >= 15 is 0 Å². The predicted octanol–water partition coefficient (Wildman–Crippen LogP) is 1.20. The van der Waals surface area contributed by atoms with Gasteiger partial charge in [0, 0.05) is 26.0 Å². The zero-order chi connectivity index (χ0) is 13.0. The lowest BCUT2D eigenvalue weighted by Gasteiger charge is -2.11. The van der Waals surface area contributed by atoms with Crippen LogP contribution in [0.1, 0.15) is 23.2 Å². The van der Waals surface area contributed by atoms with Crippen LogP contribution < -0.4 is 11.1 Å². The lowest BCUT2D eigenvalue weighted by molar-refractivity contribution is 0.0698. The number of nitrogens with one attached hydrogen (secondary N) is 1. The van der Waals surface area contributed by atoms with Gasteiger partial charge in [0.1, 0.15) is 5.82 Å². The van der Waals surface area contributed by atoms with Crippen molar-refractivity contribution in [3.63, 3.8) is 0 Å². The van der Waals surface area contributed by atoms with Crippen LogP contribution in [0.5, 0.6) is 0 Å². The summed E-state index contributed by atoms with van der Waals surface area (Å²) in [7, 11) is 0. The summed E-state index contributed by atoms with van der Waals surface area (Å²) in [5.74, 6) is -0.0302. The molecule has 1 atom stereocenters. The fraction of sp³-hybridized carbons (Fsp3) is 0.500. The number of hydrogen-bond donors (Lipinski definition) is 3. The van der Waals surface area contributed by atoms with Gasteiger partial charge in [0.05, 0.1) is 11.3 Å². The van der Waals surface area contributed by atoms with Crippen molar-refractivity contribution in [1.82, 2.24) is 4.98 Å². The molecule has 0 aliphatic carbocycles. The monoisotopic (exact) mass is 251 g/mol. The van der Waals surface area contributed by atoms with Crippen molar-refractivity contribution in [3.05, 3.63) is 17.8 Å². The van der Waals surface area contributed by atoms with E-state index in [9.17, 15) is 4.79 Å². The lowest BCUT2D eigenvalue weighted by atomic mass is 10.1. The van der Waals surface area contributed by atoms with Gasteiger partial charge < -0.3 is 20.9 Å². The van der Waals surface area contributed by atoms with Gasteiger partial charge in [-0.2, -0.15) is 0 Å². The third kappa shape index (κ3) is 2.89. The van der Waals surface area contributed by atoms with Crippen molar-refractivity contribution in [2.45, 2.75) is 12.8 Å². The maximum atomic E-state index is 10.9. The molecule has 6 heteroatoms. The molecule has 1 unspecified atom stereocenters. The van der Waals surface area contributed by atoms with Crippen LogP contribution in [0.15, 0.2) is 12.3 Å². The van der Waals surface area contributed by atoms with Gasteiger partial charge in [-0.25, -0.2) is 9.78 Å². The normalized spacial score (nSPS) is 18.8. The second-order valence-corrected chi connectivity index (χ2v) is 4.37. The van der Waals surface area contributed by atoms with E-state index in [0.717, 1.165) is 26.1 Å². The number of anilines is 2. The molecule has 0 saturated carbocycles. The van der Waals surface area contributed by atoms with Crippen molar-refractivity contribution >= 4 is 17.5 Å². The Morgan fingerprint density at radius 1 is 1.67 bits per heavy atom. The maximum absolute atomic E-state index is 10.9. The molecule has 1 aromatic heterocycles. The first kappa shape index (κ1) is 12.6. The van der Waals surface area contributed by atoms with E-state index in [4.69, 9.17) is 15.6 Å². The molecule has 1 saturated heterocycles. The minimum absolute atomic E-state index is 0.0803. The molecule has 1 aliphatic heterocycles. The van der Waals surface area contributed by atoms with E-state index in [0.29, 0.717) is 18.3 Å². The number of nitrogens with two attached hydrogens (primary N) is 1. The standard InChI is InChI=1S/C12H17N3O3/c13-10-9(12(16)17)2-5-15-11(10)14-4-1-8-3-6-18-7-8/h2,5,8H,1,3-4,6-7,13H2,(H,14,15)(H,16,17). The SMILES string of the molecule is Nc1c(C(=O)O)ccnc1NCCC1CCOC1. The molecule has 1 aliphatic rings. The molecule has 1 aromatic rings. The molecule has 2 rings (SSSR count). The summed E-state index contributed by atoms with van der Waals surface area (Å²) < 4.78 is 5.29. The van der Waals surface area contributed by atoms with Crippen molar-refractivity contribution in [2.24, 2.45) is 5.92 Å². The molecule has 4 N–H and O–H groups in total. The van der Waals surface area contributed by atoms with Crippen LogP contribution in [0.3, 0.4) is 0 Å². The van der Waals surface area contributed by atoms with Crippen LogP contribution in [0.25, 0.3) is 0 Å². The molecule has 1 fully saturated rings. The maximum Gasteiger partial charge on any atom is 0.337 e. The van der Waals surface area contributed by atoms with Crippen molar-refractivity contribution in [2.75, 3.05) is 30.8 Å². The molecule has 0 radical (unpaired) electrons. The van der Waals surface area contributed by atoms with Crippen LogP contribution in [0.4, 0.5) is 11.5 Å². The molecular formula is C12H17N3O3. The molecule has 18 heavy (non-hydrogen) atoms. The first-order valence-electron chi connectivity index (χ1n) is 5.98. The fourth-order valence-corrected chi connectivity index (χ4v) is 2.01. The average Bonchev–Trinajstić information content (AvgIpc) is 2.84. The number of aromatic nitrogens is 1. The Kier molecular flexibility index (Phi) is 3.99. The molecule has 2 heterocycles. The zero-order valence-corrected chi connectivity index (χ0v) is 10.1. The topological polar surface area (TPSA) is 97.5 Å². The summed E-state index contributed by atoms with van der Waals surface area (Å²) in [4.78, 5) is 15.0. The predicted molar refractivity (Wildman–Crippen MR) is 67.6 cm³/mol. The Morgan fingerprint density at radius 2 is 2.50 bits per heavy atom. The van der Waals surface area contributed by atoms with Crippen molar-refractivity contribution in [3.8, 4) is 0 Å². The van der Waals surface area contributed by atoms with Crippen molar-refractivity contribution in [1.29, 1.82) is 0 Å². The summed E-state index contributed by atoms with van der Waals surface area (Å²) in [5.41, 5.74) is 6.02. The Labute approximate surface area is 105 Å². The molecule has 0 amide bonds. The number of carboxylic acids is 1. The molecule has 0 spiro atoms. The lowest BCUT2D eigenvalue weighted by Crippen LogP contribution is -2.13. The number of carbonyl (C=O) groups is 1. The van der Waals surface area contributed by atoms with Crippen LogP contribution in [-0.2, 0) is 4.74 Å². The van der Waals surface area contributed by atoms with Crippen molar-refractivity contribution < 1.29 is 14.6 Å².